The van der Waals surface area contributed by atoms with E-state index in [0.29, 0.717) is 11.8 Å². The maximum atomic E-state index is 5.74. The van der Waals surface area contributed by atoms with Gasteiger partial charge in [-0.3, -0.25) is 0 Å². The van der Waals surface area contributed by atoms with Gasteiger partial charge in [0.2, 0.25) is 0 Å². The number of aromatic nitrogens is 2. The first-order valence-corrected chi connectivity index (χ1v) is 4.70. The zero-order valence-electron chi connectivity index (χ0n) is 7.00. The molecule has 0 aromatic carbocycles. The van der Waals surface area contributed by atoms with E-state index in [2.05, 4.69) is 9.97 Å². The van der Waals surface area contributed by atoms with Gasteiger partial charge in [-0.25, -0.2) is 9.97 Å². The van der Waals surface area contributed by atoms with Gasteiger partial charge in [0.05, 0.1) is 0 Å². The Morgan fingerprint density at radius 1 is 1.67 bits per heavy atom. The zero-order valence-corrected chi connectivity index (χ0v) is 7.75. The number of alkyl halides is 1. The fourth-order valence-corrected chi connectivity index (χ4v) is 1.80. The molecule has 0 radical (unpaired) electrons. The van der Waals surface area contributed by atoms with Crippen molar-refractivity contribution in [3.8, 4) is 0 Å². The molecule has 1 aromatic rings. The van der Waals surface area contributed by atoms with Crippen LogP contribution in [0.5, 0.6) is 0 Å². The van der Waals surface area contributed by atoms with Gasteiger partial charge in [0, 0.05) is 23.7 Å². The largest absolute Gasteiger partial charge is 0.242 e. The summed E-state index contributed by atoms with van der Waals surface area (Å²) in [6.45, 7) is 1.92. The molecule has 1 aliphatic rings. The summed E-state index contributed by atoms with van der Waals surface area (Å²) in [7, 11) is 0. The van der Waals surface area contributed by atoms with E-state index in [4.69, 9.17) is 11.6 Å². The molecule has 64 valence electrons. The molecule has 12 heavy (non-hydrogen) atoms. The summed E-state index contributed by atoms with van der Waals surface area (Å²) in [6.07, 6.45) is 3.02. The van der Waals surface area contributed by atoms with E-state index in [1.807, 2.05) is 19.2 Å². The van der Waals surface area contributed by atoms with Crippen LogP contribution in [0.15, 0.2) is 12.3 Å². The highest BCUT2D eigenvalue weighted by Gasteiger charge is 2.38. The first-order valence-electron chi connectivity index (χ1n) is 4.17. The summed E-state index contributed by atoms with van der Waals surface area (Å²) >= 11 is 5.74. The normalized spacial score (nSPS) is 27.2. The Morgan fingerprint density at radius 3 is 3.08 bits per heavy atom. The molecular weight excluding hydrogens is 172 g/mol. The van der Waals surface area contributed by atoms with Gasteiger partial charge in [0.15, 0.2) is 0 Å². The van der Waals surface area contributed by atoms with Crippen LogP contribution in [-0.2, 0) is 0 Å². The maximum Gasteiger partial charge on any atom is 0.125 e. The lowest BCUT2D eigenvalue weighted by molar-refractivity contribution is 0.867. The van der Waals surface area contributed by atoms with Gasteiger partial charge in [0.25, 0.3) is 0 Å². The van der Waals surface area contributed by atoms with Crippen molar-refractivity contribution < 1.29 is 0 Å². The average Bonchev–Trinajstić information content (AvgIpc) is 2.83. The highest BCUT2D eigenvalue weighted by Crippen LogP contribution is 2.46. The molecule has 1 aliphatic carbocycles. The van der Waals surface area contributed by atoms with Crippen molar-refractivity contribution in [2.45, 2.75) is 19.3 Å². The smallest absolute Gasteiger partial charge is 0.125 e. The van der Waals surface area contributed by atoms with Gasteiger partial charge in [-0.15, -0.1) is 11.6 Å². The third-order valence-electron chi connectivity index (χ3n) is 2.30. The number of aryl methyl sites for hydroxylation is 1. The van der Waals surface area contributed by atoms with Crippen molar-refractivity contribution >= 4 is 11.6 Å². The van der Waals surface area contributed by atoms with Gasteiger partial charge >= 0.3 is 0 Å². The lowest BCUT2D eigenvalue weighted by Crippen LogP contribution is -1.93. The van der Waals surface area contributed by atoms with E-state index in [0.717, 1.165) is 17.4 Å². The predicted octanol–water partition coefficient (Wildman–Crippen LogP) is 2.13. The monoisotopic (exact) mass is 182 g/mol. The molecule has 0 N–H and O–H groups in total. The molecule has 0 spiro atoms. The molecular formula is C9H11ClN2. The summed E-state index contributed by atoms with van der Waals surface area (Å²) in [6, 6.07) is 1.99. The van der Waals surface area contributed by atoms with Crippen LogP contribution in [0.25, 0.3) is 0 Å². The predicted molar refractivity (Wildman–Crippen MR) is 48.3 cm³/mol. The molecule has 0 aliphatic heterocycles. The second-order valence-corrected chi connectivity index (χ2v) is 3.59. The van der Waals surface area contributed by atoms with E-state index in [1.165, 1.54) is 6.42 Å². The van der Waals surface area contributed by atoms with Gasteiger partial charge in [-0.05, 0) is 25.3 Å². The minimum atomic E-state index is 0.601. The summed E-state index contributed by atoms with van der Waals surface area (Å²) in [5.74, 6) is 2.87. The first kappa shape index (κ1) is 7.99. The van der Waals surface area contributed by atoms with Crippen LogP contribution in [-0.4, -0.2) is 15.8 Å². The molecule has 3 heteroatoms. The third kappa shape index (κ3) is 1.44. The van der Waals surface area contributed by atoms with Crippen LogP contribution < -0.4 is 0 Å². The first-order chi connectivity index (χ1) is 5.81. The molecule has 1 fully saturated rings. The molecule has 1 aromatic heterocycles. The van der Waals surface area contributed by atoms with E-state index < -0.39 is 0 Å². The summed E-state index contributed by atoms with van der Waals surface area (Å²) < 4.78 is 0. The van der Waals surface area contributed by atoms with Gasteiger partial charge in [-0.1, -0.05) is 0 Å². The summed E-state index contributed by atoms with van der Waals surface area (Å²) in [5, 5.41) is 0. The molecule has 2 unspecified atom stereocenters. The highest BCUT2D eigenvalue weighted by molar-refractivity contribution is 6.18. The number of rotatable bonds is 2. The lowest BCUT2D eigenvalue weighted by atomic mass is 10.2. The van der Waals surface area contributed by atoms with Crippen LogP contribution in [0.1, 0.15) is 23.9 Å². The second kappa shape index (κ2) is 3.02. The Hall–Kier alpha value is -0.630. The molecule has 0 amide bonds. The average molecular weight is 183 g/mol. The number of hydrogen-bond donors (Lipinski definition) is 0. The Morgan fingerprint density at radius 2 is 2.50 bits per heavy atom. The van der Waals surface area contributed by atoms with Crippen LogP contribution in [0.3, 0.4) is 0 Å². The maximum absolute atomic E-state index is 5.74. The number of hydrogen-bond acceptors (Lipinski definition) is 2. The van der Waals surface area contributed by atoms with Crippen molar-refractivity contribution in [3.63, 3.8) is 0 Å². The van der Waals surface area contributed by atoms with E-state index >= 15 is 0 Å². The molecule has 2 rings (SSSR count). The van der Waals surface area contributed by atoms with Crippen LogP contribution >= 0.6 is 11.6 Å². The minimum absolute atomic E-state index is 0.601. The Balaban J connectivity index is 2.14. The summed E-state index contributed by atoms with van der Waals surface area (Å²) in [4.78, 5) is 8.42. The van der Waals surface area contributed by atoms with E-state index in [1.54, 1.807) is 0 Å². The van der Waals surface area contributed by atoms with Gasteiger partial charge in [-0.2, -0.15) is 0 Å². The van der Waals surface area contributed by atoms with Crippen molar-refractivity contribution in [1.82, 2.24) is 9.97 Å². The Labute approximate surface area is 77.0 Å². The Kier molecular flexibility index (Phi) is 2.01. The van der Waals surface area contributed by atoms with Crippen molar-refractivity contribution in [2.75, 3.05) is 5.88 Å². The van der Waals surface area contributed by atoms with Crippen molar-refractivity contribution in [1.29, 1.82) is 0 Å². The fraction of sp³-hybridized carbons (Fsp3) is 0.556. The zero-order chi connectivity index (χ0) is 8.55. The van der Waals surface area contributed by atoms with E-state index in [9.17, 15) is 0 Å². The SMILES string of the molecule is Cc1nccc(C2CC2CCl)n1. The van der Waals surface area contributed by atoms with Crippen LogP contribution in [0.4, 0.5) is 0 Å². The quantitative estimate of drug-likeness (QED) is 0.655. The molecule has 1 saturated carbocycles. The number of halogens is 1. The van der Waals surface area contributed by atoms with Crippen LogP contribution in [0, 0.1) is 12.8 Å². The highest BCUT2D eigenvalue weighted by atomic mass is 35.5. The molecule has 0 saturated heterocycles. The lowest BCUT2D eigenvalue weighted by Gasteiger charge is -1.97. The third-order valence-corrected chi connectivity index (χ3v) is 2.69. The Bertz CT molecular complexity index is 288. The molecule has 2 nitrogen and oxygen atoms in total. The summed E-state index contributed by atoms with van der Waals surface area (Å²) in [5.41, 5.74) is 1.16. The van der Waals surface area contributed by atoms with Crippen molar-refractivity contribution in [2.24, 2.45) is 5.92 Å². The minimum Gasteiger partial charge on any atom is -0.242 e. The van der Waals surface area contributed by atoms with Gasteiger partial charge in [0.1, 0.15) is 5.82 Å². The molecule has 0 bridgehead atoms. The topological polar surface area (TPSA) is 25.8 Å². The molecule has 2 atom stereocenters. The number of nitrogens with zero attached hydrogens (tertiary/aromatic N) is 2. The fourth-order valence-electron chi connectivity index (χ4n) is 1.46. The van der Waals surface area contributed by atoms with Gasteiger partial charge < -0.3 is 0 Å². The van der Waals surface area contributed by atoms with Crippen LogP contribution in [0.2, 0.25) is 0 Å². The standard InChI is InChI=1S/C9H11ClN2/c1-6-11-3-2-9(12-6)8-4-7(8)5-10/h2-3,7-8H,4-5H2,1H3. The van der Waals surface area contributed by atoms with E-state index in [-0.39, 0.29) is 0 Å². The van der Waals surface area contributed by atoms with Crippen molar-refractivity contribution in [3.05, 3.63) is 23.8 Å². The second-order valence-electron chi connectivity index (χ2n) is 3.29. The molecule has 1 heterocycles.